The SMILES string of the molecule is CCC1CSC(Nc2ccc(C)c(F)c2)=N1. The molecule has 0 radical (unpaired) electrons. The van der Waals surface area contributed by atoms with Crippen LogP contribution in [0.15, 0.2) is 23.2 Å². The number of nitrogens with zero attached hydrogens (tertiary/aromatic N) is 1. The number of halogens is 1. The fourth-order valence-corrected chi connectivity index (χ4v) is 2.56. The van der Waals surface area contributed by atoms with Crippen LogP contribution in [0.4, 0.5) is 10.1 Å². The quantitative estimate of drug-likeness (QED) is 0.853. The number of aryl methyl sites for hydroxylation is 1. The normalized spacial score (nSPS) is 19.7. The summed E-state index contributed by atoms with van der Waals surface area (Å²) < 4.78 is 13.3. The van der Waals surface area contributed by atoms with Crippen molar-refractivity contribution in [3.05, 3.63) is 29.6 Å². The van der Waals surface area contributed by atoms with E-state index < -0.39 is 0 Å². The molecule has 0 amide bonds. The fraction of sp³-hybridized carbons (Fsp3) is 0.417. The Hall–Kier alpha value is -1.03. The zero-order valence-corrected chi connectivity index (χ0v) is 10.3. The Morgan fingerprint density at radius 2 is 2.38 bits per heavy atom. The molecule has 1 N–H and O–H groups in total. The first kappa shape index (κ1) is 11.5. The molecule has 0 spiro atoms. The molecule has 4 heteroatoms. The largest absolute Gasteiger partial charge is 0.335 e. The minimum Gasteiger partial charge on any atom is -0.335 e. The first-order valence-electron chi connectivity index (χ1n) is 5.43. The van der Waals surface area contributed by atoms with E-state index in [0.29, 0.717) is 11.6 Å². The number of hydrogen-bond acceptors (Lipinski definition) is 3. The van der Waals surface area contributed by atoms with Gasteiger partial charge in [0.05, 0.1) is 6.04 Å². The van der Waals surface area contributed by atoms with E-state index in [2.05, 4.69) is 17.2 Å². The molecule has 2 rings (SSSR count). The molecule has 0 saturated heterocycles. The van der Waals surface area contributed by atoms with E-state index in [0.717, 1.165) is 23.0 Å². The Labute approximate surface area is 99.3 Å². The van der Waals surface area contributed by atoms with Gasteiger partial charge >= 0.3 is 0 Å². The van der Waals surface area contributed by atoms with E-state index >= 15 is 0 Å². The highest BCUT2D eigenvalue weighted by molar-refractivity contribution is 8.14. The molecule has 86 valence electrons. The first-order chi connectivity index (χ1) is 7.69. The van der Waals surface area contributed by atoms with Crippen molar-refractivity contribution in [3.8, 4) is 0 Å². The summed E-state index contributed by atoms with van der Waals surface area (Å²) in [4.78, 5) is 4.50. The van der Waals surface area contributed by atoms with Crippen LogP contribution < -0.4 is 5.32 Å². The highest BCUT2D eigenvalue weighted by Gasteiger charge is 2.16. The molecule has 0 aliphatic carbocycles. The van der Waals surface area contributed by atoms with Gasteiger partial charge in [0.2, 0.25) is 0 Å². The maximum atomic E-state index is 13.3. The molecule has 1 heterocycles. The minimum absolute atomic E-state index is 0.180. The van der Waals surface area contributed by atoms with Crippen molar-refractivity contribution < 1.29 is 4.39 Å². The highest BCUT2D eigenvalue weighted by Crippen LogP contribution is 2.22. The van der Waals surface area contributed by atoms with Gasteiger partial charge in [0.25, 0.3) is 0 Å². The summed E-state index contributed by atoms with van der Waals surface area (Å²) in [7, 11) is 0. The Morgan fingerprint density at radius 1 is 1.56 bits per heavy atom. The molecule has 1 aromatic carbocycles. The van der Waals surface area contributed by atoms with Gasteiger partial charge in [-0.1, -0.05) is 24.8 Å². The maximum absolute atomic E-state index is 13.3. The van der Waals surface area contributed by atoms with E-state index in [-0.39, 0.29) is 5.82 Å². The number of benzene rings is 1. The second kappa shape index (κ2) is 4.87. The molecular weight excluding hydrogens is 223 g/mol. The van der Waals surface area contributed by atoms with E-state index in [4.69, 9.17) is 0 Å². The lowest BCUT2D eigenvalue weighted by Gasteiger charge is -2.05. The van der Waals surface area contributed by atoms with Gasteiger partial charge in [0.1, 0.15) is 5.82 Å². The van der Waals surface area contributed by atoms with Crippen LogP contribution in [0.5, 0.6) is 0 Å². The van der Waals surface area contributed by atoms with Crippen LogP contribution in [0, 0.1) is 12.7 Å². The molecule has 0 fully saturated rings. The Bertz CT molecular complexity index is 417. The average molecular weight is 238 g/mol. The van der Waals surface area contributed by atoms with Gasteiger partial charge in [-0.25, -0.2) is 4.39 Å². The molecule has 1 aliphatic rings. The molecule has 1 aromatic rings. The minimum atomic E-state index is -0.180. The number of hydrogen-bond donors (Lipinski definition) is 1. The third kappa shape index (κ3) is 2.55. The van der Waals surface area contributed by atoms with Crippen LogP contribution in [-0.2, 0) is 0 Å². The third-order valence-corrected chi connectivity index (χ3v) is 3.64. The average Bonchev–Trinajstić information content (AvgIpc) is 2.71. The lowest BCUT2D eigenvalue weighted by molar-refractivity contribution is 0.619. The number of anilines is 1. The van der Waals surface area contributed by atoms with Gasteiger partial charge in [-0.2, -0.15) is 0 Å². The maximum Gasteiger partial charge on any atom is 0.161 e. The van der Waals surface area contributed by atoms with Crippen molar-refractivity contribution in [3.63, 3.8) is 0 Å². The summed E-state index contributed by atoms with van der Waals surface area (Å²) in [6.07, 6.45) is 1.06. The predicted molar refractivity (Wildman–Crippen MR) is 68.7 cm³/mol. The van der Waals surface area contributed by atoms with Crippen molar-refractivity contribution in [1.29, 1.82) is 0 Å². The highest BCUT2D eigenvalue weighted by atomic mass is 32.2. The van der Waals surface area contributed by atoms with Crippen molar-refractivity contribution in [2.45, 2.75) is 26.3 Å². The lowest BCUT2D eigenvalue weighted by Crippen LogP contribution is -2.05. The summed E-state index contributed by atoms with van der Waals surface area (Å²) >= 11 is 1.70. The topological polar surface area (TPSA) is 24.4 Å². The van der Waals surface area contributed by atoms with Crippen LogP contribution >= 0.6 is 11.8 Å². The molecule has 2 nitrogen and oxygen atoms in total. The first-order valence-corrected chi connectivity index (χ1v) is 6.41. The number of rotatable bonds is 2. The number of thioether (sulfide) groups is 1. The van der Waals surface area contributed by atoms with Gasteiger partial charge < -0.3 is 5.32 Å². The van der Waals surface area contributed by atoms with Crippen molar-refractivity contribution in [1.82, 2.24) is 0 Å². The number of amidine groups is 1. The number of nitrogens with one attached hydrogen (secondary N) is 1. The molecule has 0 bridgehead atoms. The summed E-state index contributed by atoms with van der Waals surface area (Å²) in [5, 5.41) is 4.04. The monoisotopic (exact) mass is 238 g/mol. The second-order valence-electron chi connectivity index (χ2n) is 3.90. The molecule has 0 aromatic heterocycles. The van der Waals surface area contributed by atoms with Crippen LogP contribution in [0.25, 0.3) is 0 Å². The Balaban J connectivity index is 2.07. The summed E-state index contributed by atoms with van der Waals surface area (Å²) in [6.45, 7) is 3.89. The molecule has 16 heavy (non-hydrogen) atoms. The Kier molecular flexibility index (Phi) is 3.49. The van der Waals surface area contributed by atoms with Crippen LogP contribution in [-0.4, -0.2) is 17.0 Å². The summed E-state index contributed by atoms with van der Waals surface area (Å²) in [6, 6.07) is 5.57. The van der Waals surface area contributed by atoms with E-state index in [1.165, 1.54) is 6.07 Å². The Morgan fingerprint density at radius 3 is 3.00 bits per heavy atom. The smallest absolute Gasteiger partial charge is 0.161 e. The fourth-order valence-electron chi connectivity index (χ4n) is 1.49. The van der Waals surface area contributed by atoms with Gasteiger partial charge in [-0.15, -0.1) is 0 Å². The van der Waals surface area contributed by atoms with Gasteiger partial charge in [-0.3, -0.25) is 4.99 Å². The molecular formula is C12H15FN2S. The van der Waals surface area contributed by atoms with Crippen molar-refractivity contribution in [2.24, 2.45) is 4.99 Å². The van der Waals surface area contributed by atoms with E-state index in [1.807, 2.05) is 6.07 Å². The van der Waals surface area contributed by atoms with Gasteiger partial charge in [-0.05, 0) is 31.0 Å². The van der Waals surface area contributed by atoms with Crippen molar-refractivity contribution in [2.75, 3.05) is 11.1 Å². The standard InChI is InChI=1S/C12H15FN2S/c1-3-9-7-16-12(14-9)15-10-5-4-8(2)11(13)6-10/h4-6,9H,3,7H2,1-2H3,(H,14,15). The zero-order chi connectivity index (χ0) is 11.5. The zero-order valence-electron chi connectivity index (χ0n) is 9.46. The second-order valence-corrected chi connectivity index (χ2v) is 4.90. The van der Waals surface area contributed by atoms with E-state index in [9.17, 15) is 4.39 Å². The lowest BCUT2D eigenvalue weighted by atomic mass is 10.2. The predicted octanol–water partition coefficient (Wildman–Crippen LogP) is 3.43. The third-order valence-electron chi connectivity index (χ3n) is 2.61. The van der Waals surface area contributed by atoms with E-state index in [1.54, 1.807) is 24.8 Å². The summed E-state index contributed by atoms with van der Waals surface area (Å²) in [5.74, 6) is 0.841. The van der Waals surface area contributed by atoms with Crippen LogP contribution in [0.2, 0.25) is 0 Å². The number of aliphatic imine (C=N–C) groups is 1. The molecule has 1 atom stereocenters. The molecule has 0 saturated carbocycles. The molecule has 1 aliphatic heterocycles. The van der Waals surface area contributed by atoms with Gasteiger partial charge in [0, 0.05) is 11.4 Å². The molecule has 1 unspecified atom stereocenters. The van der Waals surface area contributed by atoms with Gasteiger partial charge in [0.15, 0.2) is 5.17 Å². The van der Waals surface area contributed by atoms with Crippen LogP contribution in [0.3, 0.4) is 0 Å². The van der Waals surface area contributed by atoms with Crippen LogP contribution in [0.1, 0.15) is 18.9 Å². The summed E-state index contributed by atoms with van der Waals surface area (Å²) in [5.41, 5.74) is 1.43. The van der Waals surface area contributed by atoms with Crippen molar-refractivity contribution >= 4 is 22.6 Å².